The van der Waals surface area contributed by atoms with Gasteiger partial charge in [-0.05, 0) is 24.6 Å². The molecule has 3 nitrogen and oxygen atoms in total. The van der Waals surface area contributed by atoms with Crippen LogP contribution in [0.3, 0.4) is 0 Å². The van der Waals surface area contributed by atoms with Gasteiger partial charge in [0.1, 0.15) is 5.82 Å². The highest BCUT2D eigenvalue weighted by atomic mass is 79.9. The molecule has 1 aromatic carbocycles. The molecule has 0 fully saturated rings. The summed E-state index contributed by atoms with van der Waals surface area (Å²) in [4.78, 5) is 4.24. The summed E-state index contributed by atoms with van der Waals surface area (Å²) in [5, 5.41) is 6.59. The normalized spacial score (nSPS) is 10.1. The number of pyridine rings is 1. The topological polar surface area (TPSA) is 37.0 Å². The lowest BCUT2D eigenvalue weighted by Gasteiger charge is -2.09. The van der Waals surface area contributed by atoms with E-state index in [1.54, 1.807) is 6.20 Å². The number of hydrogen-bond donors (Lipinski definition) is 2. The number of anilines is 2. The zero-order valence-corrected chi connectivity index (χ0v) is 11.9. The van der Waals surface area contributed by atoms with Gasteiger partial charge in [-0.25, -0.2) is 4.98 Å². The van der Waals surface area contributed by atoms with Gasteiger partial charge >= 0.3 is 0 Å². The largest absolute Gasteiger partial charge is 0.381 e. The minimum atomic E-state index is 0.789. The van der Waals surface area contributed by atoms with Crippen LogP contribution in [0.25, 0.3) is 0 Å². The molecule has 0 saturated carbocycles. The fraction of sp³-hybridized carbons (Fsp3) is 0.214. The fourth-order valence-electron chi connectivity index (χ4n) is 1.66. The molecule has 2 rings (SSSR count). The Balaban J connectivity index is 2.02. The molecule has 2 N–H and O–H groups in total. The number of aromatic nitrogens is 1. The van der Waals surface area contributed by atoms with Crippen molar-refractivity contribution in [2.24, 2.45) is 0 Å². The minimum Gasteiger partial charge on any atom is -0.381 e. The Kier molecular flexibility index (Phi) is 4.59. The van der Waals surface area contributed by atoms with Crippen LogP contribution in [-0.4, -0.2) is 11.5 Å². The summed E-state index contributed by atoms with van der Waals surface area (Å²) < 4.78 is 1.12. The first-order valence-electron chi connectivity index (χ1n) is 5.97. The van der Waals surface area contributed by atoms with Gasteiger partial charge in [-0.15, -0.1) is 0 Å². The molecule has 1 aromatic heterocycles. The molecule has 0 amide bonds. The third-order valence-corrected chi connectivity index (χ3v) is 3.33. The summed E-state index contributed by atoms with van der Waals surface area (Å²) in [5.41, 5.74) is 2.30. The van der Waals surface area contributed by atoms with Gasteiger partial charge in [-0.1, -0.05) is 34.1 Å². The van der Waals surface area contributed by atoms with Crippen LogP contribution in [-0.2, 0) is 6.54 Å². The van der Waals surface area contributed by atoms with E-state index >= 15 is 0 Å². The maximum atomic E-state index is 4.24. The third kappa shape index (κ3) is 3.47. The summed E-state index contributed by atoms with van der Waals surface area (Å²) in [6, 6.07) is 12.2. The van der Waals surface area contributed by atoms with Crippen LogP contribution in [0, 0.1) is 0 Å². The van der Waals surface area contributed by atoms with Crippen molar-refractivity contribution in [1.29, 1.82) is 0 Å². The summed E-state index contributed by atoms with van der Waals surface area (Å²) in [6.07, 6.45) is 1.81. The third-order valence-electron chi connectivity index (χ3n) is 2.56. The van der Waals surface area contributed by atoms with Gasteiger partial charge in [0.05, 0.1) is 0 Å². The highest BCUT2D eigenvalue weighted by molar-refractivity contribution is 9.10. The number of hydrogen-bond acceptors (Lipinski definition) is 3. The highest BCUT2D eigenvalue weighted by Crippen LogP contribution is 2.18. The van der Waals surface area contributed by atoms with E-state index in [0.717, 1.165) is 29.1 Å². The molecular weight excluding hydrogens is 290 g/mol. The van der Waals surface area contributed by atoms with Crippen LogP contribution < -0.4 is 10.6 Å². The number of benzene rings is 1. The van der Waals surface area contributed by atoms with E-state index in [0.29, 0.717) is 0 Å². The Labute approximate surface area is 116 Å². The van der Waals surface area contributed by atoms with Crippen molar-refractivity contribution in [2.45, 2.75) is 13.5 Å². The standard InChI is InChI=1S/C14H16BrN3/c1-2-16-14-9-12(7-8-17-14)18-10-11-5-3-4-6-13(11)15/h3-9H,2,10H2,1H3,(H2,16,17,18). The second kappa shape index (κ2) is 6.40. The van der Waals surface area contributed by atoms with E-state index < -0.39 is 0 Å². The Bertz CT molecular complexity index is 514. The lowest BCUT2D eigenvalue weighted by Crippen LogP contribution is -2.03. The second-order valence-corrected chi connectivity index (χ2v) is 4.76. The molecule has 0 saturated heterocycles. The van der Waals surface area contributed by atoms with Gasteiger partial charge < -0.3 is 10.6 Å². The molecule has 94 valence electrons. The number of rotatable bonds is 5. The van der Waals surface area contributed by atoms with E-state index in [1.165, 1.54) is 5.56 Å². The van der Waals surface area contributed by atoms with E-state index in [4.69, 9.17) is 0 Å². The van der Waals surface area contributed by atoms with E-state index in [2.05, 4.69) is 44.5 Å². The molecule has 18 heavy (non-hydrogen) atoms. The van der Waals surface area contributed by atoms with Crippen LogP contribution in [0.2, 0.25) is 0 Å². The highest BCUT2D eigenvalue weighted by Gasteiger charge is 1.99. The maximum absolute atomic E-state index is 4.24. The van der Waals surface area contributed by atoms with Crippen LogP contribution in [0.15, 0.2) is 47.1 Å². The molecule has 0 spiro atoms. The van der Waals surface area contributed by atoms with Crippen LogP contribution in [0.1, 0.15) is 12.5 Å². The lowest BCUT2D eigenvalue weighted by molar-refractivity contribution is 1.12. The molecule has 4 heteroatoms. The summed E-state index contributed by atoms with van der Waals surface area (Å²) in [7, 11) is 0. The van der Waals surface area contributed by atoms with E-state index in [1.807, 2.05) is 30.3 Å². The molecular formula is C14H16BrN3. The maximum Gasteiger partial charge on any atom is 0.127 e. The Morgan fingerprint density at radius 2 is 2.00 bits per heavy atom. The summed E-state index contributed by atoms with van der Waals surface area (Å²) in [5.74, 6) is 0.898. The fourth-order valence-corrected chi connectivity index (χ4v) is 2.08. The first-order valence-corrected chi connectivity index (χ1v) is 6.76. The molecule has 0 bridgehead atoms. The van der Waals surface area contributed by atoms with Crippen molar-refractivity contribution in [3.63, 3.8) is 0 Å². The quantitative estimate of drug-likeness (QED) is 0.880. The summed E-state index contributed by atoms with van der Waals surface area (Å²) >= 11 is 3.54. The Morgan fingerprint density at radius 3 is 2.78 bits per heavy atom. The van der Waals surface area contributed by atoms with Gasteiger partial charge in [0.2, 0.25) is 0 Å². The van der Waals surface area contributed by atoms with E-state index in [9.17, 15) is 0 Å². The zero-order valence-electron chi connectivity index (χ0n) is 10.3. The van der Waals surface area contributed by atoms with Crippen LogP contribution >= 0.6 is 15.9 Å². The van der Waals surface area contributed by atoms with Crippen molar-refractivity contribution >= 4 is 27.4 Å². The molecule has 0 aliphatic rings. The monoisotopic (exact) mass is 305 g/mol. The second-order valence-electron chi connectivity index (χ2n) is 3.91. The molecule has 0 aliphatic heterocycles. The summed E-state index contributed by atoms with van der Waals surface area (Å²) in [6.45, 7) is 3.72. The number of nitrogens with zero attached hydrogens (tertiary/aromatic N) is 1. The molecule has 0 aliphatic carbocycles. The average Bonchev–Trinajstić information content (AvgIpc) is 2.39. The Hall–Kier alpha value is -1.55. The smallest absolute Gasteiger partial charge is 0.127 e. The van der Waals surface area contributed by atoms with Gasteiger partial charge in [0.15, 0.2) is 0 Å². The number of nitrogens with one attached hydrogen (secondary N) is 2. The minimum absolute atomic E-state index is 0.789. The van der Waals surface area contributed by atoms with Gasteiger partial charge in [0.25, 0.3) is 0 Å². The van der Waals surface area contributed by atoms with Crippen molar-refractivity contribution < 1.29 is 0 Å². The molecule has 0 radical (unpaired) electrons. The Morgan fingerprint density at radius 1 is 1.17 bits per heavy atom. The molecule has 2 aromatic rings. The zero-order chi connectivity index (χ0) is 12.8. The van der Waals surface area contributed by atoms with Crippen molar-refractivity contribution in [2.75, 3.05) is 17.2 Å². The van der Waals surface area contributed by atoms with Crippen molar-refractivity contribution in [3.8, 4) is 0 Å². The number of halogens is 1. The predicted molar refractivity (Wildman–Crippen MR) is 79.9 cm³/mol. The van der Waals surface area contributed by atoms with Gasteiger partial charge in [-0.3, -0.25) is 0 Å². The molecule has 0 atom stereocenters. The van der Waals surface area contributed by atoms with Crippen molar-refractivity contribution in [1.82, 2.24) is 4.98 Å². The first-order chi connectivity index (χ1) is 8.79. The van der Waals surface area contributed by atoms with Gasteiger partial charge in [-0.2, -0.15) is 0 Å². The lowest BCUT2D eigenvalue weighted by atomic mass is 10.2. The molecule has 1 heterocycles. The predicted octanol–water partition coefficient (Wildman–Crippen LogP) is 3.89. The van der Waals surface area contributed by atoms with Gasteiger partial charge in [0, 0.05) is 35.5 Å². The van der Waals surface area contributed by atoms with E-state index in [-0.39, 0.29) is 0 Å². The first kappa shape index (κ1) is 12.9. The SMILES string of the molecule is CCNc1cc(NCc2ccccc2Br)ccn1. The molecule has 0 unspecified atom stereocenters. The van der Waals surface area contributed by atoms with Crippen molar-refractivity contribution in [3.05, 3.63) is 52.6 Å². The van der Waals surface area contributed by atoms with Crippen LogP contribution in [0.5, 0.6) is 0 Å². The van der Waals surface area contributed by atoms with Crippen LogP contribution in [0.4, 0.5) is 11.5 Å². The average molecular weight is 306 g/mol.